The number of nitrogens with zero attached hydrogens (tertiary/aromatic N) is 1. The molecule has 7 nitrogen and oxygen atoms in total. The summed E-state index contributed by atoms with van der Waals surface area (Å²) in [7, 11) is 0. The van der Waals surface area contributed by atoms with Gasteiger partial charge in [0.15, 0.2) is 18.1 Å². The van der Waals surface area contributed by atoms with Crippen LogP contribution in [0.1, 0.15) is 6.92 Å². The van der Waals surface area contributed by atoms with E-state index in [1.165, 1.54) is 0 Å². The molecule has 8 heteroatoms. The van der Waals surface area contributed by atoms with Gasteiger partial charge >= 0.3 is 5.97 Å². The number of nitrogens with one attached hydrogen (secondary N) is 1. The molecule has 0 atom stereocenters. The Bertz CT molecular complexity index is 1030. The van der Waals surface area contributed by atoms with Crippen LogP contribution in [0, 0.1) is 3.57 Å². The predicted molar refractivity (Wildman–Crippen MR) is 105 cm³/mol. The largest absolute Gasteiger partial charge is 0.490 e. The molecular weight excluding hydrogens is 451 g/mol. The highest BCUT2D eigenvalue weighted by molar-refractivity contribution is 14.1. The number of aromatic amines is 1. The number of hydrogen-bond donors (Lipinski definition) is 2. The Balaban J connectivity index is 2.11. The molecule has 2 aromatic carbocycles. The van der Waals surface area contributed by atoms with E-state index in [0.717, 1.165) is 0 Å². The third-order valence-electron chi connectivity index (χ3n) is 3.54. The zero-order valence-corrected chi connectivity index (χ0v) is 15.9. The number of H-pyrrole nitrogens is 1. The minimum absolute atomic E-state index is 0.232. The number of carbonyl (C=O) groups is 1. The van der Waals surface area contributed by atoms with E-state index >= 15 is 0 Å². The van der Waals surface area contributed by atoms with E-state index in [0.29, 0.717) is 44.0 Å². The van der Waals surface area contributed by atoms with Gasteiger partial charge in [0.05, 0.1) is 21.1 Å². The molecule has 0 unspecified atom stereocenters. The highest BCUT2D eigenvalue weighted by Gasteiger charge is 2.16. The number of hydrogen-bond acceptors (Lipinski definition) is 5. The molecule has 0 saturated heterocycles. The van der Waals surface area contributed by atoms with Crippen LogP contribution in [0.3, 0.4) is 0 Å². The minimum Gasteiger partial charge on any atom is -0.490 e. The summed E-state index contributed by atoms with van der Waals surface area (Å²) >= 11 is 2.03. The summed E-state index contributed by atoms with van der Waals surface area (Å²) < 4.78 is 11.6. The zero-order valence-electron chi connectivity index (χ0n) is 13.8. The van der Waals surface area contributed by atoms with Crippen LogP contribution >= 0.6 is 22.6 Å². The lowest BCUT2D eigenvalue weighted by Crippen LogP contribution is -2.12. The molecule has 0 bridgehead atoms. The molecule has 0 saturated carbocycles. The van der Waals surface area contributed by atoms with Gasteiger partial charge in [-0.1, -0.05) is 12.1 Å². The lowest BCUT2D eigenvalue weighted by molar-refractivity contribution is -0.139. The summed E-state index contributed by atoms with van der Waals surface area (Å²) in [5, 5.41) is 9.34. The number of rotatable bonds is 6. The highest BCUT2D eigenvalue weighted by Crippen LogP contribution is 2.36. The zero-order chi connectivity index (χ0) is 18.7. The molecular formula is C18H15IN2O5. The van der Waals surface area contributed by atoms with E-state index < -0.39 is 12.6 Å². The van der Waals surface area contributed by atoms with Crippen LogP contribution in [0.2, 0.25) is 0 Å². The van der Waals surface area contributed by atoms with E-state index in [-0.39, 0.29) is 5.56 Å². The second-order valence-electron chi connectivity index (χ2n) is 5.33. The van der Waals surface area contributed by atoms with E-state index in [1.807, 2.05) is 35.6 Å². The van der Waals surface area contributed by atoms with Crippen molar-refractivity contribution in [1.82, 2.24) is 9.97 Å². The maximum atomic E-state index is 12.3. The second-order valence-corrected chi connectivity index (χ2v) is 6.49. The van der Waals surface area contributed by atoms with Gasteiger partial charge in [0.25, 0.3) is 5.56 Å². The topological polar surface area (TPSA) is 102 Å². The smallest absolute Gasteiger partial charge is 0.341 e. The molecule has 0 spiro atoms. The van der Waals surface area contributed by atoms with Crippen LogP contribution in [0.5, 0.6) is 11.5 Å². The summed E-state index contributed by atoms with van der Waals surface area (Å²) in [4.78, 5) is 30.4. The molecule has 0 aliphatic carbocycles. The summed E-state index contributed by atoms with van der Waals surface area (Å²) in [5.41, 5.74) is 0.999. The SMILES string of the molecule is CCOc1cc(-c2nc3ccccc3c(=O)[nH]2)cc(I)c1OCC(=O)O. The van der Waals surface area contributed by atoms with Gasteiger partial charge < -0.3 is 19.6 Å². The fourth-order valence-electron chi connectivity index (χ4n) is 2.46. The number of benzene rings is 2. The molecule has 3 aromatic rings. The molecule has 0 amide bonds. The van der Waals surface area contributed by atoms with Crippen molar-refractivity contribution < 1.29 is 19.4 Å². The normalized spacial score (nSPS) is 10.7. The number of carboxylic acid groups (broad SMARTS) is 1. The molecule has 1 aromatic heterocycles. The number of ether oxygens (including phenoxy) is 2. The maximum absolute atomic E-state index is 12.3. The third kappa shape index (κ3) is 3.79. The van der Waals surface area contributed by atoms with Crippen molar-refractivity contribution in [2.24, 2.45) is 0 Å². The van der Waals surface area contributed by atoms with Gasteiger partial charge in [-0.25, -0.2) is 9.78 Å². The number of halogens is 1. The summed E-state index contributed by atoms with van der Waals surface area (Å²) in [5.74, 6) is 0.0680. The number of fused-ring (bicyclic) bond motifs is 1. The Morgan fingerprint density at radius 2 is 2.04 bits per heavy atom. The average Bonchev–Trinajstić information content (AvgIpc) is 2.61. The van der Waals surface area contributed by atoms with Crippen molar-refractivity contribution in [2.45, 2.75) is 6.92 Å². The fourth-order valence-corrected chi connectivity index (χ4v) is 3.22. The molecule has 2 N–H and O–H groups in total. The number of aliphatic carboxylic acids is 1. The molecule has 0 fully saturated rings. The van der Waals surface area contributed by atoms with Crippen LogP contribution in [-0.2, 0) is 4.79 Å². The standard InChI is InChI=1S/C18H15IN2O5/c1-2-25-14-8-10(7-12(19)16(14)26-9-15(22)23)17-20-13-6-4-3-5-11(13)18(24)21-17/h3-8H,2,9H2,1H3,(H,22,23)(H,20,21,24). The number of aromatic nitrogens is 2. The first-order chi connectivity index (χ1) is 12.5. The van der Waals surface area contributed by atoms with Gasteiger partial charge in [0.1, 0.15) is 5.82 Å². The van der Waals surface area contributed by atoms with Crippen LogP contribution in [0.15, 0.2) is 41.2 Å². The van der Waals surface area contributed by atoms with Crippen LogP contribution in [-0.4, -0.2) is 34.3 Å². The average molecular weight is 466 g/mol. The van der Waals surface area contributed by atoms with Crippen molar-refractivity contribution in [2.75, 3.05) is 13.2 Å². The van der Waals surface area contributed by atoms with Crippen LogP contribution in [0.25, 0.3) is 22.3 Å². The van der Waals surface area contributed by atoms with Crippen LogP contribution < -0.4 is 15.0 Å². The van der Waals surface area contributed by atoms with Gasteiger partial charge in [-0.15, -0.1) is 0 Å². The van der Waals surface area contributed by atoms with Gasteiger partial charge in [0.2, 0.25) is 0 Å². The van der Waals surface area contributed by atoms with Crippen molar-refractivity contribution in [3.8, 4) is 22.9 Å². The molecule has 0 radical (unpaired) electrons. The lowest BCUT2D eigenvalue weighted by atomic mass is 10.1. The molecule has 26 heavy (non-hydrogen) atoms. The minimum atomic E-state index is -1.08. The van der Waals surface area contributed by atoms with Crippen molar-refractivity contribution in [3.63, 3.8) is 0 Å². The molecule has 3 rings (SSSR count). The fraction of sp³-hybridized carbons (Fsp3) is 0.167. The Kier molecular flexibility index (Phi) is 5.40. The first-order valence-electron chi connectivity index (χ1n) is 7.80. The highest BCUT2D eigenvalue weighted by atomic mass is 127. The summed E-state index contributed by atoms with van der Waals surface area (Å²) in [6, 6.07) is 10.5. The monoisotopic (exact) mass is 466 g/mol. The Morgan fingerprint density at radius 3 is 2.77 bits per heavy atom. The molecule has 1 heterocycles. The Labute approximate surface area is 162 Å². The predicted octanol–water partition coefficient (Wildman–Crippen LogP) is 3.06. The summed E-state index contributed by atoms with van der Waals surface area (Å²) in [6.07, 6.45) is 0. The van der Waals surface area contributed by atoms with E-state index in [1.54, 1.807) is 30.3 Å². The van der Waals surface area contributed by atoms with Crippen molar-refractivity contribution in [3.05, 3.63) is 50.3 Å². The molecule has 134 valence electrons. The third-order valence-corrected chi connectivity index (χ3v) is 4.34. The lowest BCUT2D eigenvalue weighted by Gasteiger charge is -2.14. The van der Waals surface area contributed by atoms with Crippen LogP contribution in [0.4, 0.5) is 0 Å². The quantitative estimate of drug-likeness (QED) is 0.542. The van der Waals surface area contributed by atoms with Gasteiger partial charge in [-0.2, -0.15) is 0 Å². The van der Waals surface area contributed by atoms with Gasteiger partial charge in [0, 0.05) is 5.56 Å². The van der Waals surface area contributed by atoms with E-state index in [9.17, 15) is 9.59 Å². The van der Waals surface area contributed by atoms with E-state index in [4.69, 9.17) is 14.6 Å². The van der Waals surface area contributed by atoms with Crippen molar-refractivity contribution in [1.29, 1.82) is 0 Å². The van der Waals surface area contributed by atoms with Crippen molar-refractivity contribution >= 4 is 39.5 Å². The maximum Gasteiger partial charge on any atom is 0.341 e. The number of carboxylic acids is 1. The molecule has 0 aliphatic heterocycles. The Morgan fingerprint density at radius 1 is 1.27 bits per heavy atom. The second kappa shape index (κ2) is 7.73. The summed E-state index contributed by atoms with van der Waals surface area (Å²) in [6.45, 7) is 1.72. The van der Waals surface area contributed by atoms with Gasteiger partial charge in [-0.3, -0.25) is 4.79 Å². The van der Waals surface area contributed by atoms with E-state index in [2.05, 4.69) is 9.97 Å². The first kappa shape index (κ1) is 18.2. The Hall–Kier alpha value is -2.62. The molecule has 0 aliphatic rings. The van der Waals surface area contributed by atoms with Gasteiger partial charge in [-0.05, 0) is 53.8 Å². The first-order valence-corrected chi connectivity index (χ1v) is 8.88. The number of para-hydroxylation sites is 1.